The third-order valence-electron chi connectivity index (χ3n) is 23.8. The van der Waals surface area contributed by atoms with Gasteiger partial charge in [0, 0.05) is 71.8 Å². The number of nitrogens with zero attached hydrogens (tertiary/aromatic N) is 6. The Morgan fingerprint density at radius 2 is 1.02 bits per heavy atom. The summed E-state index contributed by atoms with van der Waals surface area (Å²) >= 11 is 13.8. The van der Waals surface area contributed by atoms with E-state index in [0.717, 1.165) is 116 Å². The maximum atomic E-state index is 14.6. The predicted octanol–water partition coefficient (Wildman–Crippen LogP) is 13.0. The molecule has 6 aliphatic heterocycles. The van der Waals surface area contributed by atoms with Crippen LogP contribution >= 0.6 is 23.2 Å². The van der Waals surface area contributed by atoms with Crippen LogP contribution in [0.15, 0.2) is 97.1 Å². The molecule has 9 aliphatic rings. The molecule has 23 heteroatoms. The molecule has 4 saturated heterocycles. The first-order valence-electron chi connectivity index (χ1n) is 37.6. The Bertz CT molecular complexity index is 4550. The van der Waals surface area contributed by atoms with Gasteiger partial charge in [0.05, 0.1) is 91.2 Å². The Hall–Kier alpha value is -7.05. The number of rotatable bonds is 12. The number of hydrogen-bond acceptors (Lipinski definition) is 16. The normalized spacial score (nSPS) is 28.5. The summed E-state index contributed by atoms with van der Waals surface area (Å²) in [6, 6.07) is 21.4. The van der Waals surface area contributed by atoms with Crippen molar-refractivity contribution in [3.05, 3.63) is 137 Å². The topological polar surface area (TPSA) is 264 Å². The second-order valence-corrected chi connectivity index (χ2v) is 34.1. The van der Waals surface area contributed by atoms with E-state index in [1.54, 1.807) is 4.90 Å². The minimum absolute atomic E-state index is 0. The summed E-state index contributed by atoms with van der Waals surface area (Å²) in [6.07, 6.45) is 22.2. The van der Waals surface area contributed by atoms with Crippen molar-refractivity contribution in [1.29, 1.82) is 0 Å². The van der Waals surface area contributed by atoms with Crippen molar-refractivity contribution < 1.29 is 75.7 Å². The van der Waals surface area contributed by atoms with Gasteiger partial charge in [-0.05, 0) is 175 Å². The second kappa shape index (κ2) is 32.6. The van der Waals surface area contributed by atoms with Crippen molar-refractivity contribution in [2.45, 2.75) is 236 Å². The van der Waals surface area contributed by atoms with Crippen LogP contribution in [0.25, 0.3) is 44.6 Å². The Kier molecular flexibility index (Phi) is 24.6. The molecule has 4 bridgehead atoms. The van der Waals surface area contributed by atoms with Crippen LogP contribution in [0.4, 0.5) is 0 Å². The number of pyridine rings is 4. The summed E-state index contributed by atoms with van der Waals surface area (Å²) in [5.74, 6) is -0.184. The first kappa shape index (κ1) is 80.0. The summed E-state index contributed by atoms with van der Waals surface area (Å²) < 4.78 is 47.3. The number of halogens is 2. The first-order chi connectivity index (χ1) is 49.5. The van der Waals surface area contributed by atoms with Crippen LogP contribution in [0.5, 0.6) is 11.5 Å². The van der Waals surface area contributed by atoms with Gasteiger partial charge >= 0.3 is 24.8 Å². The Balaban J connectivity index is 0.000000207. The van der Waals surface area contributed by atoms with Crippen molar-refractivity contribution in [1.82, 2.24) is 34.5 Å². The maximum absolute atomic E-state index is 14.6. The number of methoxy groups -OCH3 is 1. The third-order valence-corrected chi connectivity index (χ3v) is 26.5. The van der Waals surface area contributed by atoms with Gasteiger partial charge in [-0.2, -0.15) is 0 Å². The number of amides is 3. The van der Waals surface area contributed by atoms with Crippen LogP contribution in [0.2, 0.25) is 10.0 Å². The number of aryl methyl sites for hydroxylation is 2. The summed E-state index contributed by atoms with van der Waals surface area (Å²) in [5.41, 5.74) is 5.54. The summed E-state index contributed by atoms with van der Waals surface area (Å²) in [5, 5.41) is 2.01. The molecule has 0 unspecified atom stereocenters. The SMILES string of the molecule is COC(=O)[C@]12CC(=O)[C@@H]3C[C@@H](Oc4cc(-c5cccc(C(C)C)n5)nc5c(Cl)c(C)ccc45)[C@H]4CC[C@H](CCCCC/C=C\[C@@H]1C2)C(=O)N43.Cc1ccc2c(O[C@@H]3C[C@H]4C(=O)C[C@]5(C(=O)NS(=O)(=O)C6CC6)C[C@H]5/C=C\CCCCC[C@H]5CC[C@H]3N4C5=O)cc(-c3cccc(C(C)C)n3)nc2c1Cl.[CH3-].[Li+].[OH-]. The monoisotopic (exact) mass is 1490 g/mol. The van der Waals surface area contributed by atoms with E-state index in [4.69, 9.17) is 57.3 Å². The summed E-state index contributed by atoms with van der Waals surface area (Å²) in [7, 11) is -2.41. The van der Waals surface area contributed by atoms with Gasteiger partial charge in [-0.15, -0.1) is 0 Å². The molecule has 15 rings (SSSR count). The van der Waals surface area contributed by atoms with Gasteiger partial charge in [0.2, 0.25) is 27.7 Å². The van der Waals surface area contributed by atoms with E-state index in [2.05, 4.69) is 50.6 Å². The standard InChI is InChI=1S/C42H49ClN4O6S.C40H46ClN3O5.CH3.Li.H2O/c1-24(2)30-12-9-13-31(44-30)32-20-36(29-18-14-25(3)38(43)39(29)45-32)53-37-21-34-35(48)23-42(41(50)46-54(51,52)28-16-17-28)22-27(42)11-8-6-4-5-7-10-26-15-19-33(37)47(34)40(26)49;1-23(2)28-13-10-14-29(42-28)30-19-34(27-17-15-24(3)36(41)37(27)43-30)49-35-20-32-33(45)22-40(39(47)48-4)21-26(40)12-9-7-5-6-8-11-25-16-18-31(35)44(32)38(25)46;;;/h8-9,11-14,18,20,24,26-28,33-34,37H,4-7,10,15-17,19,21-23H2,1-3H3,(H,46,50);9-10,12-15,17,19,23,25-26,31-32,35H,5-8,11,16,18,20-22H2,1-4H3;1H3;;1H2/q;;-1;+1;/p-1/b11-8-;12-9-;;;/t26-,27+,33+,34-,37+,42+;25-,26+,31+,32-,35+,40+;;;/m00.../s1. The van der Waals surface area contributed by atoms with E-state index in [1.165, 1.54) is 7.11 Å². The van der Waals surface area contributed by atoms with Gasteiger partial charge < -0.3 is 36.9 Å². The number of allylic oxidation sites excluding steroid dienone is 4. The fraction of sp³-hybridized carbons (Fsp3) is 0.530. The van der Waals surface area contributed by atoms with Crippen LogP contribution in [-0.4, -0.2) is 128 Å². The molecule has 0 radical (unpaired) electrons. The molecule has 10 heterocycles. The number of carbonyl (C=O) groups excluding carboxylic acids is 6. The fourth-order valence-corrected chi connectivity index (χ4v) is 19.1. The van der Waals surface area contributed by atoms with Crippen LogP contribution in [0.3, 0.4) is 0 Å². The van der Waals surface area contributed by atoms with Gasteiger partial charge in [-0.1, -0.05) is 125 Å². The largest absolute Gasteiger partial charge is 1.00 e. The molecule has 106 heavy (non-hydrogen) atoms. The van der Waals surface area contributed by atoms with Crippen LogP contribution in [0, 0.1) is 55.8 Å². The van der Waals surface area contributed by atoms with Crippen molar-refractivity contribution in [2.24, 2.45) is 34.5 Å². The van der Waals surface area contributed by atoms with Crippen molar-refractivity contribution in [2.75, 3.05) is 7.11 Å². The molecule has 3 saturated carbocycles. The number of ketones is 2. The van der Waals surface area contributed by atoms with Crippen LogP contribution in [0.1, 0.15) is 203 Å². The molecule has 2 aromatic carbocycles. The molecule has 0 spiro atoms. The molecule has 3 aliphatic carbocycles. The number of esters is 1. The summed E-state index contributed by atoms with van der Waals surface area (Å²) in [6.45, 7) is 12.3. The zero-order valence-electron chi connectivity index (χ0n) is 62.6. The Morgan fingerprint density at radius 3 is 1.46 bits per heavy atom. The average molecular weight is 1500 g/mol. The number of piperidine rings is 2. The molecule has 3 amide bonds. The van der Waals surface area contributed by atoms with Crippen LogP contribution < -0.4 is 33.1 Å². The number of ether oxygens (including phenoxy) is 3. The zero-order chi connectivity index (χ0) is 72.4. The number of nitrogens with one attached hydrogen (secondary N) is 1. The van der Waals surface area contributed by atoms with Crippen molar-refractivity contribution >= 4 is 90.3 Å². The molecule has 7 fully saturated rings. The molecule has 560 valence electrons. The van der Waals surface area contributed by atoms with Gasteiger partial charge in [0.1, 0.15) is 23.7 Å². The van der Waals surface area contributed by atoms with Crippen molar-refractivity contribution in [3.8, 4) is 34.3 Å². The first-order valence-corrected chi connectivity index (χ1v) is 39.9. The number of Topliss-reactive ketones (excluding diaryl/α,β-unsaturated/α-hetero) is 2. The number of aromatic nitrogens is 4. The fourth-order valence-electron chi connectivity index (χ4n) is 17.3. The van der Waals surface area contributed by atoms with Gasteiger partial charge in [0.15, 0.2) is 11.6 Å². The number of benzene rings is 2. The van der Waals surface area contributed by atoms with Gasteiger partial charge in [-0.25, -0.2) is 18.4 Å². The third kappa shape index (κ3) is 15.9. The van der Waals surface area contributed by atoms with E-state index >= 15 is 0 Å². The van der Waals surface area contributed by atoms with E-state index in [9.17, 15) is 37.2 Å². The molecular weight excluding hydrogens is 1400 g/mol. The summed E-state index contributed by atoms with van der Waals surface area (Å²) in [4.78, 5) is 108. The van der Waals surface area contributed by atoms with E-state index < -0.39 is 56.3 Å². The Labute approximate surface area is 645 Å². The second-order valence-electron chi connectivity index (χ2n) is 31.4. The average Bonchev–Trinajstić information content (AvgIpc) is 1.56. The Morgan fingerprint density at radius 1 is 0.575 bits per heavy atom. The molecule has 4 aromatic heterocycles. The maximum Gasteiger partial charge on any atom is 1.00 e. The molecule has 6 aromatic rings. The minimum atomic E-state index is -3.80. The zero-order valence-corrected chi connectivity index (χ0v) is 64.9. The van der Waals surface area contributed by atoms with Crippen molar-refractivity contribution in [3.63, 3.8) is 0 Å². The number of carbonyl (C=O) groups is 6. The minimum Gasteiger partial charge on any atom is -0.870 e. The van der Waals surface area contributed by atoms with E-state index in [-0.39, 0.29) is 128 Å². The molecule has 12 atom stereocenters. The number of sulfonamides is 1. The van der Waals surface area contributed by atoms with Gasteiger partial charge in [-0.3, -0.25) is 43.5 Å². The molecule has 19 nitrogen and oxygen atoms in total. The quantitative estimate of drug-likeness (QED) is 0.0516. The van der Waals surface area contributed by atoms with E-state index in [0.29, 0.717) is 94.6 Å². The van der Waals surface area contributed by atoms with Crippen LogP contribution in [-0.2, 0) is 43.5 Å². The van der Waals surface area contributed by atoms with E-state index in [1.807, 2.05) is 97.6 Å². The molecule has 2 N–H and O–H groups in total. The predicted molar refractivity (Wildman–Crippen MR) is 405 cm³/mol. The number of hydrogen-bond donors (Lipinski definition) is 1. The number of fused-ring (bicyclic) bond motifs is 6. The smallest absolute Gasteiger partial charge is 0.870 e. The molecular formula is C83H99Cl2LiN7O12S-. The van der Waals surface area contributed by atoms with Gasteiger partial charge in [0.25, 0.3) is 0 Å².